The van der Waals surface area contributed by atoms with Gasteiger partial charge in [0.25, 0.3) is 5.91 Å². The van der Waals surface area contributed by atoms with Gasteiger partial charge in [0.05, 0.1) is 10.7 Å². The van der Waals surface area contributed by atoms with E-state index in [0.29, 0.717) is 12.1 Å². The van der Waals surface area contributed by atoms with E-state index in [1.807, 2.05) is 18.5 Å². The smallest absolute Gasteiger partial charge is 0.326 e. The molecule has 0 saturated heterocycles. The zero-order valence-electron chi connectivity index (χ0n) is 12.1. The van der Waals surface area contributed by atoms with Crippen molar-refractivity contribution in [3.05, 3.63) is 28.3 Å². The molecule has 0 spiro atoms. The molecule has 1 atom stereocenters. The summed E-state index contributed by atoms with van der Waals surface area (Å²) in [6, 6.07) is 0.843. The summed E-state index contributed by atoms with van der Waals surface area (Å²) in [7, 11) is 1.75. The van der Waals surface area contributed by atoms with Gasteiger partial charge in [-0.3, -0.25) is 4.79 Å². The molecule has 0 fully saturated rings. The van der Waals surface area contributed by atoms with E-state index in [-0.39, 0.29) is 0 Å². The second kappa shape index (κ2) is 6.09. The highest BCUT2D eigenvalue weighted by Crippen LogP contribution is 2.23. The van der Waals surface area contributed by atoms with Gasteiger partial charge >= 0.3 is 5.97 Å². The molecule has 7 heteroatoms. The molecule has 0 saturated carbocycles. The van der Waals surface area contributed by atoms with E-state index in [1.54, 1.807) is 35.9 Å². The first kappa shape index (κ1) is 15.2. The standard InChI is InChI=1S/C14H17N3O3S/c1-4-10(14(19)20)16-13(18)12-5-9(6-17(12)3)11-7-21-8(2)15-11/h5-7,10H,4H2,1-3H3,(H,16,18)(H,19,20)/t10-/m0/s1. The second-order valence-electron chi connectivity index (χ2n) is 4.75. The Morgan fingerprint density at radius 3 is 2.76 bits per heavy atom. The van der Waals surface area contributed by atoms with Crippen LogP contribution in [0, 0.1) is 6.92 Å². The number of nitrogens with zero attached hydrogens (tertiary/aromatic N) is 2. The van der Waals surface area contributed by atoms with Crippen molar-refractivity contribution in [3.63, 3.8) is 0 Å². The number of carbonyl (C=O) groups excluding carboxylic acids is 1. The van der Waals surface area contributed by atoms with Gasteiger partial charge in [-0.15, -0.1) is 11.3 Å². The second-order valence-corrected chi connectivity index (χ2v) is 5.81. The molecule has 0 bridgehead atoms. The Kier molecular flexibility index (Phi) is 4.42. The average Bonchev–Trinajstić information content (AvgIpc) is 3.01. The molecule has 2 rings (SSSR count). The number of amides is 1. The number of carboxylic acids is 1. The van der Waals surface area contributed by atoms with Gasteiger partial charge in [-0.05, 0) is 19.4 Å². The van der Waals surface area contributed by atoms with Crippen LogP contribution >= 0.6 is 11.3 Å². The third-order valence-electron chi connectivity index (χ3n) is 3.16. The van der Waals surface area contributed by atoms with Gasteiger partial charge in [0.1, 0.15) is 11.7 Å². The number of aliphatic carboxylic acids is 1. The minimum atomic E-state index is -1.03. The molecule has 0 aliphatic rings. The number of carboxylic acid groups (broad SMARTS) is 1. The van der Waals surface area contributed by atoms with Crippen LogP contribution in [0.15, 0.2) is 17.6 Å². The number of carbonyl (C=O) groups is 2. The molecule has 6 nitrogen and oxygen atoms in total. The zero-order chi connectivity index (χ0) is 15.6. The van der Waals surface area contributed by atoms with E-state index < -0.39 is 17.9 Å². The summed E-state index contributed by atoms with van der Waals surface area (Å²) >= 11 is 1.54. The molecule has 1 amide bonds. The molecule has 0 unspecified atom stereocenters. The SMILES string of the molecule is CC[C@H](NC(=O)c1cc(-c2csc(C)n2)cn1C)C(=O)O. The highest BCUT2D eigenvalue weighted by atomic mass is 32.1. The van der Waals surface area contributed by atoms with E-state index in [9.17, 15) is 9.59 Å². The summed E-state index contributed by atoms with van der Waals surface area (Å²) in [5, 5.41) is 14.4. The molecular weight excluding hydrogens is 290 g/mol. The van der Waals surface area contributed by atoms with Crippen LogP contribution in [0.2, 0.25) is 0 Å². The average molecular weight is 307 g/mol. The van der Waals surface area contributed by atoms with E-state index in [2.05, 4.69) is 10.3 Å². The molecule has 2 aromatic heterocycles. The fourth-order valence-electron chi connectivity index (χ4n) is 2.00. The van der Waals surface area contributed by atoms with Gasteiger partial charge in [0, 0.05) is 24.2 Å². The Morgan fingerprint density at radius 1 is 1.52 bits per heavy atom. The first-order valence-electron chi connectivity index (χ1n) is 6.55. The normalized spacial score (nSPS) is 12.1. The molecule has 0 aliphatic heterocycles. The van der Waals surface area contributed by atoms with E-state index >= 15 is 0 Å². The predicted molar refractivity (Wildman–Crippen MR) is 80.4 cm³/mol. The largest absolute Gasteiger partial charge is 0.480 e. The fraction of sp³-hybridized carbons (Fsp3) is 0.357. The maximum Gasteiger partial charge on any atom is 0.326 e. The number of rotatable bonds is 5. The van der Waals surface area contributed by atoms with Gasteiger partial charge in [-0.1, -0.05) is 6.92 Å². The number of hydrogen-bond acceptors (Lipinski definition) is 4. The summed E-state index contributed by atoms with van der Waals surface area (Å²) in [5.41, 5.74) is 2.07. The maximum absolute atomic E-state index is 12.2. The maximum atomic E-state index is 12.2. The van der Waals surface area contributed by atoms with Crippen molar-refractivity contribution in [1.82, 2.24) is 14.9 Å². The number of nitrogens with one attached hydrogen (secondary N) is 1. The van der Waals surface area contributed by atoms with E-state index in [1.165, 1.54) is 0 Å². The molecule has 21 heavy (non-hydrogen) atoms. The third-order valence-corrected chi connectivity index (χ3v) is 3.94. The molecule has 2 N–H and O–H groups in total. The Labute approximate surface area is 126 Å². The Bertz CT molecular complexity index is 675. The van der Waals surface area contributed by atoms with Crippen molar-refractivity contribution in [2.45, 2.75) is 26.3 Å². The fourth-order valence-corrected chi connectivity index (χ4v) is 2.62. The lowest BCUT2D eigenvalue weighted by Crippen LogP contribution is -2.40. The molecule has 0 aromatic carbocycles. The summed E-state index contributed by atoms with van der Waals surface area (Å²) in [6.07, 6.45) is 2.15. The minimum Gasteiger partial charge on any atom is -0.480 e. The quantitative estimate of drug-likeness (QED) is 0.885. The molecule has 2 heterocycles. The number of hydrogen-bond donors (Lipinski definition) is 2. The predicted octanol–water partition coefficient (Wildman–Crippen LogP) is 2.05. The molecule has 0 aliphatic carbocycles. The Morgan fingerprint density at radius 2 is 2.24 bits per heavy atom. The molecular formula is C14H17N3O3S. The third kappa shape index (κ3) is 3.30. The zero-order valence-corrected chi connectivity index (χ0v) is 12.9. The van der Waals surface area contributed by atoms with E-state index in [0.717, 1.165) is 16.3 Å². The summed E-state index contributed by atoms with van der Waals surface area (Å²) in [5.74, 6) is -1.43. The van der Waals surface area contributed by atoms with Crippen LogP contribution in [0.1, 0.15) is 28.8 Å². The van der Waals surface area contributed by atoms with Crippen molar-refractivity contribution in [2.24, 2.45) is 7.05 Å². The van der Waals surface area contributed by atoms with Crippen molar-refractivity contribution >= 4 is 23.2 Å². The first-order valence-corrected chi connectivity index (χ1v) is 7.42. The van der Waals surface area contributed by atoms with Gasteiger partial charge in [-0.2, -0.15) is 0 Å². The van der Waals surface area contributed by atoms with Crippen molar-refractivity contribution in [3.8, 4) is 11.3 Å². The Hall–Kier alpha value is -2.15. The summed E-state index contributed by atoms with van der Waals surface area (Å²) < 4.78 is 1.67. The van der Waals surface area contributed by atoms with Crippen LogP contribution in [0.3, 0.4) is 0 Å². The molecule has 2 aromatic rings. The number of aromatic nitrogens is 2. The highest BCUT2D eigenvalue weighted by molar-refractivity contribution is 7.09. The minimum absolute atomic E-state index is 0.337. The lowest BCUT2D eigenvalue weighted by molar-refractivity contribution is -0.139. The molecule has 112 valence electrons. The van der Waals surface area contributed by atoms with Crippen LogP contribution in [0.25, 0.3) is 11.3 Å². The highest BCUT2D eigenvalue weighted by Gasteiger charge is 2.21. The topological polar surface area (TPSA) is 84.2 Å². The van der Waals surface area contributed by atoms with Gasteiger partial charge < -0.3 is 15.0 Å². The van der Waals surface area contributed by atoms with Crippen molar-refractivity contribution in [1.29, 1.82) is 0 Å². The lowest BCUT2D eigenvalue weighted by atomic mass is 10.2. The number of thiazole rings is 1. The van der Waals surface area contributed by atoms with Gasteiger partial charge in [-0.25, -0.2) is 9.78 Å². The van der Waals surface area contributed by atoms with Crippen LogP contribution < -0.4 is 5.32 Å². The van der Waals surface area contributed by atoms with Gasteiger partial charge in [0.15, 0.2) is 0 Å². The van der Waals surface area contributed by atoms with Crippen LogP contribution in [0.5, 0.6) is 0 Å². The Balaban J connectivity index is 2.22. The van der Waals surface area contributed by atoms with Crippen molar-refractivity contribution in [2.75, 3.05) is 0 Å². The van der Waals surface area contributed by atoms with Gasteiger partial charge in [0.2, 0.25) is 0 Å². The van der Waals surface area contributed by atoms with Crippen LogP contribution in [-0.2, 0) is 11.8 Å². The van der Waals surface area contributed by atoms with Crippen molar-refractivity contribution < 1.29 is 14.7 Å². The first-order chi connectivity index (χ1) is 9.92. The summed E-state index contributed by atoms with van der Waals surface area (Å²) in [4.78, 5) is 27.5. The lowest BCUT2D eigenvalue weighted by Gasteiger charge is -2.12. The van der Waals surface area contributed by atoms with Crippen LogP contribution in [-0.4, -0.2) is 32.6 Å². The summed E-state index contributed by atoms with van der Waals surface area (Å²) in [6.45, 7) is 3.64. The van der Waals surface area contributed by atoms with Crippen LogP contribution in [0.4, 0.5) is 0 Å². The van der Waals surface area contributed by atoms with E-state index in [4.69, 9.17) is 5.11 Å². The monoisotopic (exact) mass is 307 g/mol. The number of aryl methyl sites for hydroxylation is 2. The molecule has 0 radical (unpaired) electrons.